The summed E-state index contributed by atoms with van der Waals surface area (Å²) >= 11 is 0. The number of aromatic hydroxyl groups is 1. The van der Waals surface area contributed by atoms with E-state index in [9.17, 15) is 15.2 Å². The first kappa shape index (κ1) is 14.6. The second kappa shape index (κ2) is 6.13. The summed E-state index contributed by atoms with van der Waals surface area (Å²) in [4.78, 5) is 10.6. The van der Waals surface area contributed by atoms with Crippen molar-refractivity contribution < 1.29 is 14.8 Å². The molecule has 0 aromatic heterocycles. The van der Waals surface area contributed by atoms with Crippen molar-refractivity contribution in [3.8, 4) is 11.5 Å². The highest BCUT2D eigenvalue weighted by atomic mass is 16.6. The molecule has 0 aliphatic carbocycles. The molecule has 0 bridgehead atoms. The molecular weight excluding hydrogens is 272 g/mol. The quantitative estimate of drug-likeness (QED) is 0.651. The first-order chi connectivity index (χ1) is 10.0. The van der Waals surface area contributed by atoms with Crippen LogP contribution < -0.4 is 10.1 Å². The fourth-order valence-corrected chi connectivity index (χ4v) is 1.98. The van der Waals surface area contributed by atoms with Crippen molar-refractivity contribution >= 4 is 11.4 Å². The van der Waals surface area contributed by atoms with Crippen molar-refractivity contribution in [2.24, 2.45) is 0 Å². The second-order valence-corrected chi connectivity index (χ2v) is 4.64. The summed E-state index contributed by atoms with van der Waals surface area (Å²) < 4.78 is 5.03. The number of benzene rings is 2. The number of ether oxygens (including phenoxy) is 1. The van der Waals surface area contributed by atoms with E-state index >= 15 is 0 Å². The average Bonchev–Trinajstić information content (AvgIpc) is 2.46. The molecule has 0 fully saturated rings. The second-order valence-electron chi connectivity index (χ2n) is 4.64. The summed E-state index contributed by atoms with van der Waals surface area (Å²) in [6.45, 7) is 2.26. The van der Waals surface area contributed by atoms with Gasteiger partial charge in [-0.05, 0) is 36.2 Å². The topological polar surface area (TPSA) is 84.6 Å². The molecule has 110 valence electrons. The van der Waals surface area contributed by atoms with E-state index in [0.717, 1.165) is 11.1 Å². The van der Waals surface area contributed by atoms with Gasteiger partial charge in [0.1, 0.15) is 5.69 Å². The molecule has 2 aromatic carbocycles. The smallest absolute Gasteiger partial charge is 0.292 e. The van der Waals surface area contributed by atoms with Crippen molar-refractivity contribution in [3.05, 3.63) is 57.6 Å². The number of methoxy groups -OCH3 is 1. The van der Waals surface area contributed by atoms with Crippen LogP contribution in [0.4, 0.5) is 11.4 Å². The molecule has 0 saturated heterocycles. The number of hydrogen-bond donors (Lipinski definition) is 2. The van der Waals surface area contributed by atoms with E-state index in [0.29, 0.717) is 18.0 Å². The Morgan fingerprint density at radius 3 is 2.71 bits per heavy atom. The molecule has 2 rings (SSSR count). The third-order valence-corrected chi connectivity index (χ3v) is 3.08. The zero-order chi connectivity index (χ0) is 15.4. The molecule has 2 N–H and O–H groups in total. The Balaban J connectivity index is 2.20. The highest BCUT2D eigenvalue weighted by Gasteiger charge is 2.13. The van der Waals surface area contributed by atoms with Crippen molar-refractivity contribution in [3.63, 3.8) is 0 Å². The number of nitro groups is 1. The van der Waals surface area contributed by atoms with Crippen LogP contribution in [0.15, 0.2) is 36.4 Å². The number of nitrogens with zero attached hydrogens (tertiary/aromatic N) is 1. The van der Waals surface area contributed by atoms with Crippen LogP contribution in [0.5, 0.6) is 11.5 Å². The number of phenols is 1. The molecule has 2 aromatic rings. The van der Waals surface area contributed by atoms with E-state index in [1.165, 1.54) is 19.2 Å². The summed E-state index contributed by atoms with van der Waals surface area (Å²) in [5, 5.41) is 23.6. The molecular formula is C15H16N2O4. The van der Waals surface area contributed by atoms with E-state index in [2.05, 4.69) is 5.32 Å². The molecule has 21 heavy (non-hydrogen) atoms. The van der Waals surface area contributed by atoms with Crippen LogP contribution in [0, 0.1) is 17.0 Å². The molecule has 6 nitrogen and oxygen atoms in total. The number of nitrogens with one attached hydrogen (secondary N) is 1. The lowest BCUT2D eigenvalue weighted by atomic mass is 10.1. The largest absolute Gasteiger partial charge is 0.504 e. The summed E-state index contributed by atoms with van der Waals surface area (Å²) in [5.74, 6) is 0.427. The van der Waals surface area contributed by atoms with Gasteiger partial charge in [0.15, 0.2) is 11.5 Å². The van der Waals surface area contributed by atoms with Gasteiger partial charge in [-0.15, -0.1) is 0 Å². The minimum Gasteiger partial charge on any atom is -0.504 e. The van der Waals surface area contributed by atoms with Gasteiger partial charge in [-0.1, -0.05) is 12.1 Å². The van der Waals surface area contributed by atoms with E-state index in [4.69, 9.17) is 4.74 Å². The summed E-state index contributed by atoms with van der Waals surface area (Å²) in [7, 11) is 1.47. The Bertz CT molecular complexity index is 671. The van der Waals surface area contributed by atoms with Crippen LogP contribution in [-0.2, 0) is 6.54 Å². The lowest BCUT2D eigenvalue weighted by Crippen LogP contribution is -2.03. The monoisotopic (exact) mass is 288 g/mol. The van der Waals surface area contributed by atoms with Crippen LogP contribution in [0.25, 0.3) is 0 Å². The van der Waals surface area contributed by atoms with E-state index in [-0.39, 0.29) is 11.4 Å². The molecule has 0 heterocycles. The van der Waals surface area contributed by atoms with Crippen molar-refractivity contribution in [2.45, 2.75) is 13.5 Å². The molecule has 0 amide bonds. The van der Waals surface area contributed by atoms with Gasteiger partial charge in [-0.25, -0.2) is 0 Å². The van der Waals surface area contributed by atoms with Gasteiger partial charge in [0.2, 0.25) is 0 Å². The molecule has 0 atom stereocenters. The van der Waals surface area contributed by atoms with E-state index in [1.807, 2.05) is 6.92 Å². The molecule has 0 radical (unpaired) electrons. The molecule has 6 heteroatoms. The Morgan fingerprint density at radius 2 is 2.05 bits per heavy atom. The lowest BCUT2D eigenvalue weighted by Gasteiger charge is -2.10. The van der Waals surface area contributed by atoms with Crippen molar-refractivity contribution in [1.29, 1.82) is 0 Å². The van der Waals surface area contributed by atoms with Gasteiger partial charge in [-0.3, -0.25) is 10.1 Å². The molecule has 0 aliphatic heterocycles. The van der Waals surface area contributed by atoms with Crippen LogP contribution in [0.3, 0.4) is 0 Å². The fourth-order valence-electron chi connectivity index (χ4n) is 1.98. The van der Waals surface area contributed by atoms with Gasteiger partial charge in [0, 0.05) is 12.6 Å². The third-order valence-electron chi connectivity index (χ3n) is 3.08. The predicted octanol–water partition coefficient (Wildman–Crippen LogP) is 3.23. The Labute approximate surface area is 122 Å². The van der Waals surface area contributed by atoms with E-state index < -0.39 is 4.92 Å². The maximum atomic E-state index is 11.0. The van der Waals surface area contributed by atoms with Gasteiger partial charge in [0.05, 0.1) is 12.0 Å². The van der Waals surface area contributed by atoms with Gasteiger partial charge < -0.3 is 15.2 Å². The van der Waals surface area contributed by atoms with Crippen LogP contribution in [-0.4, -0.2) is 17.1 Å². The number of hydrogen-bond acceptors (Lipinski definition) is 5. The Kier molecular flexibility index (Phi) is 4.27. The van der Waals surface area contributed by atoms with Gasteiger partial charge in [-0.2, -0.15) is 0 Å². The SMILES string of the molecule is COc1cc(CNc2cc(C)ccc2[N+](=O)[O-])ccc1O. The first-order valence-corrected chi connectivity index (χ1v) is 6.36. The zero-order valence-corrected chi connectivity index (χ0v) is 11.8. The lowest BCUT2D eigenvalue weighted by molar-refractivity contribution is -0.384. The number of phenolic OH excluding ortho intramolecular Hbond substituents is 1. The van der Waals surface area contributed by atoms with Gasteiger partial charge >= 0.3 is 0 Å². The predicted molar refractivity (Wildman–Crippen MR) is 79.8 cm³/mol. The molecule has 0 saturated carbocycles. The number of rotatable bonds is 5. The summed E-state index contributed by atoms with van der Waals surface area (Å²) in [6, 6.07) is 9.86. The maximum absolute atomic E-state index is 11.0. The van der Waals surface area contributed by atoms with Crippen LogP contribution >= 0.6 is 0 Å². The first-order valence-electron chi connectivity index (χ1n) is 6.36. The van der Waals surface area contributed by atoms with Crippen LogP contribution in [0.2, 0.25) is 0 Å². The number of anilines is 1. The van der Waals surface area contributed by atoms with Crippen molar-refractivity contribution in [2.75, 3.05) is 12.4 Å². The highest BCUT2D eigenvalue weighted by molar-refractivity contribution is 5.62. The third kappa shape index (κ3) is 3.42. The van der Waals surface area contributed by atoms with Crippen molar-refractivity contribution in [1.82, 2.24) is 0 Å². The van der Waals surface area contributed by atoms with Crippen LogP contribution in [0.1, 0.15) is 11.1 Å². The minimum absolute atomic E-state index is 0.0337. The molecule has 0 spiro atoms. The average molecular weight is 288 g/mol. The zero-order valence-electron chi connectivity index (χ0n) is 11.8. The highest BCUT2D eigenvalue weighted by Crippen LogP contribution is 2.28. The van der Waals surface area contributed by atoms with Gasteiger partial charge in [0.25, 0.3) is 5.69 Å². The van der Waals surface area contributed by atoms with E-state index in [1.54, 1.807) is 24.3 Å². The number of aryl methyl sites for hydroxylation is 1. The Hall–Kier alpha value is -2.76. The Morgan fingerprint density at radius 1 is 1.29 bits per heavy atom. The standard InChI is InChI=1S/C15H16N2O4/c1-10-3-5-13(17(19)20)12(7-10)16-9-11-4-6-14(18)15(8-11)21-2/h3-8,16,18H,9H2,1-2H3. The normalized spacial score (nSPS) is 10.2. The fraction of sp³-hybridized carbons (Fsp3) is 0.200. The maximum Gasteiger partial charge on any atom is 0.292 e. The molecule has 0 unspecified atom stereocenters. The summed E-state index contributed by atoms with van der Waals surface area (Å²) in [5.41, 5.74) is 2.28. The minimum atomic E-state index is -0.417. The summed E-state index contributed by atoms with van der Waals surface area (Å²) in [6.07, 6.45) is 0. The molecule has 0 aliphatic rings. The number of nitro benzene ring substituents is 1.